The highest BCUT2D eigenvalue weighted by molar-refractivity contribution is 7.89. The van der Waals surface area contributed by atoms with Crippen molar-refractivity contribution in [3.8, 4) is 0 Å². The van der Waals surface area contributed by atoms with E-state index in [-0.39, 0.29) is 9.92 Å². The Morgan fingerprint density at radius 3 is 2.90 bits per heavy atom. The number of nitrogens with one attached hydrogen (secondary N) is 1. The minimum Gasteiger partial charge on any atom is -0.251 e. The predicted molar refractivity (Wildman–Crippen MR) is 71.2 cm³/mol. The van der Waals surface area contributed by atoms with Crippen molar-refractivity contribution in [3.05, 3.63) is 41.7 Å². The van der Waals surface area contributed by atoms with Gasteiger partial charge in [-0.05, 0) is 25.1 Å². The van der Waals surface area contributed by atoms with Crippen LogP contribution in [0.3, 0.4) is 0 Å². The number of halogens is 2. The van der Waals surface area contributed by atoms with Crippen molar-refractivity contribution >= 4 is 21.6 Å². The number of benzene rings is 1. The quantitative estimate of drug-likeness (QED) is 0.905. The molecule has 1 heterocycles. The molecular weight excluding hydrogens is 307 g/mol. The fourth-order valence-corrected chi connectivity index (χ4v) is 3.40. The maximum absolute atomic E-state index is 13.1. The van der Waals surface area contributed by atoms with Crippen LogP contribution < -0.4 is 4.72 Å². The molecule has 0 spiro atoms. The fraction of sp³-hybridized carbons (Fsp3) is 0.273. The topological polar surface area (TPSA) is 76.9 Å². The van der Waals surface area contributed by atoms with E-state index in [0.29, 0.717) is 6.54 Å². The summed E-state index contributed by atoms with van der Waals surface area (Å²) in [6, 6.07) is 2.72. The largest absolute Gasteiger partial charge is 0.251 e. The molecule has 2 rings (SSSR count). The normalized spacial score (nSPS) is 13.3. The van der Waals surface area contributed by atoms with Crippen molar-refractivity contribution in [2.24, 2.45) is 0 Å². The molecule has 9 heteroatoms. The summed E-state index contributed by atoms with van der Waals surface area (Å²) in [6.45, 7) is 1.96. The SMILES string of the molecule is C[C@H](Cn1cncn1)NS(=O)(=O)c1cc(F)ccc1Cl. The van der Waals surface area contributed by atoms with Gasteiger partial charge in [0.15, 0.2) is 0 Å². The molecule has 0 saturated heterocycles. The lowest BCUT2D eigenvalue weighted by Gasteiger charge is -2.14. The van der Waals surface area contributed by atoms with Gasteiger partial charge in [-0.2, -0.15) is 5.10 Å². The molecule has 0 amide bonds. The third-order valence-electron chi connectivity index (χ3n) is 2.47. The summed E-state index contributed by atoms with van der Waals surface area (Å²) in [7, 11) is -3.90. The fourth-order valence-electron chi connectivity index (χ4n) is 1.66. The van der Waals surface area contributed by atoms with Crippen LogP contribution in [0.2, 0.25) is 5.02 Å². The first-order chi connectivity index (χ1) is 9.38. The molecule has 2 aromatic rings. The van der Waals surface area contributed by atoms with Gasteiger partial charge in [-0.25, -0.2) is 22.5 Å². The number of hydrogen-bond acceptors (Lipinski definition) is 4. The molecule has 1 aromatic carbocycles. The van der Waals surface area contributed by atoms with E-state index in [2.05, 4.69) is 14.8 Å². The van der Waals surface area contributed by atoms with Crippen LogP contribution in [0.4, 0.5) is 4.39 Å². The van der Waals surface area contributed by atoms with Crippen LogP contribution in [-0.4, -0.2) is 29.2 Å². The van der Waals surface area contributed by atoms with Crippen molar-refractivity contribution < 1.29 is 12.8 Å². The highest BCUT2D eigenvalue weighted by Crippen LogP contribution is 2.22. The Hall–Kier alpha value is -1.51. The van der Waals surface area contributed by atoms with Crippen LogP contribution in [0.1, 0.15) is 6.92 Å². The van der Waals surface area contributed by atoms with Crippen LogP contribution >= 0.6 is 11.6 Å². The smallest absolute Gasteiger partial charge is 0.242 e. The lowest BCUT2D eigenvalue weighted by Crippen LogP contribution is -2.36. The average molecular weight is 319 g/mol. The molecule has 0 aliphatic carbocycles. The summed E-state index contributed by atoms with van der Waals surface area (Å²) < 4.78 is 41.3. The van der Waals surface area contributed by atoms with Crippen molar-refractivity contribution in [2.45, 2.75) is 24.4 Å². The van der Waals surface area contributed by atoms with Gasteiger partial charge in [0.05, 0.1) is 11.6 Å². The number of hydrogen-bond donors (Lipinski definition) is 1. The summed E-state index contributed by atoms with van der Waals surface area (Å²) in [5.74, 6) is -0.668. The third-order valence-corrected chi connectivity index (χ3v) is 4.54. The Kier molecular flexibility index (Phi) is 4.36. The molecule has 1 aromatic heterocycles. The first-order valence-electron chi connectivity index (χ1n) is 5.68. The second-order valence-electron chi connectivity index (χ2n) is 4.21. The Balaban J connectivity index is 2.16. The molecule has 1 atom stereocenters. The molecule has 108 valence electrons. The highest BCUT2D eigenvalue weighted by atomic mass is 35.5. The second-order valence-corrected chi connectivity index (χ2v) is 6.30. The van der Waals surface area contributed by atoms with Crippen LogP contribution in [0.15, 0.2) is 35.7 Å². The summed E-state index contributed by atoms with van der Waals surface area (Å²) in [5.41, 5.74) is 0. The molecule has 0 unspecified atom stereocenters. The van der Waals surface area contributed by atoms with Crippen LogP contribution in [0.5, 0.6) is 0 Å². The molecular formula is C11H12ClFN4O2S. The lowest BCUT2D eigenvalue weighted by atomic mass is 10.3. The standard InChI is InChI=1S/C11H12ClFN4O2S/c1-8(5-17-7-14-6-15-17)16-20(18,19)11-4-9(13)2-3-10(11)12/h2-4,6-8,16H,5H2,1H3/t8-/m1/s1. The number of nitrogens with zero attached hydrogens (tertiary/aromatic N) is 3. The molecule has 0 radical (unpaired) electrons. The predicted octanol–water partition coefficient (Wildman–Crippen LogP) is 1.44. The molecule has 1 N–H and O–H groups in total. The van der Waals surface area contributed by atoms with E-state index < -0.39 is 21.9 Å². The van der Waals surface area contributed by atoms with Gasteiger partial charge in [0, 0.05) is 6.04 Å². The van der Waals surface area contributed by atoms with Crippen LogP contribution in [0.25, 0.3) is 0 Å². The van der Waals surface area contributed by atoms with Gasteiger partial charge >= 0.3 is 0 Å². The Morgan fingerprint density at radius 1 is 1.50 bits per heavy atom. The monoisotopic (exact) mass is 318 g/mol. The minimum absolute atomic E-state index is 0.0353. The van der Waals surface area contributed by atoms with Gasteiger partial charge < -0.3 is 0 Å². The van der Waals surface area contributed by atoms with Crippen molar-refractivity contribution in [2.75, 3.05) is 0 Å². The maximum atomic E-state index is 13.1. The van der Waals surface area contributed by atoms with Gasteiger partial charge in [-0.1, -0.05) is 11.6 Å². The van der Waals surface area contributed by atoms with Gasteiger partial charge in [0.2, 0.25) is 10.0 Å². The summed E-state index contributed by atoms with van der Waals surface area (Å²) in [5, 5.41) is 3.84. The van der Waals surface area contributed by atoms with Crippen LogP contribution in [0, 0.1) is 5.82 Å². The highest BCUT2D eigenvalue weighted by Gasteiger charge is 2.21. The summed E-state index contributed by atoms with van der Waals surface area (Å²) in [4.78, 5) is 3.47. The zero-order chi connectivity index (χ0) is 14.8. The van der Waals surface area contributed by atoms with E-state index in [1.165, 1.54) is 23.4 Å². The minimum atomic E-state index is -3.90. The zero-order valence-electron chi connectivity index (χ0n) is 10.5. The van der Waals surface area contributed by atoms with E-state index in [4.69, 9.17) is 11.6 Å². The van der Waals surface area contributed by atoms with Crippen molar-refractivity contribution in [3.63, 3.8) is 0 Å². The molecule has 0 aliphatic rings. The van der Waals surface area contributed by atoms with Gasteiger partial charge in [-0.15, -0.1) is 0 Å². The van der Waals surface area contributed by atoms with Crippen molar-refractivity contribution in [1.82, 2.24) is 19.5 Å². The average Bonchev–Trinajstić information content (AvgIpc) is 2.84. The molecule has 6 nitrogen and oxygen atoms in total. The summed E-state index contributed by atoms with van der Waals surface area (Å²) >= 11 is 5.79. The number of sulfonamides is 1. The molecule has 0 aliphatic heterocycles. The van der Waals surface area contributed by atoms with Crippen LogP contribution in [-0.2, 0) is 16.6 Å². The lowest BCUT2D eigenvalue weighted by molar-refractivity contribution is 0.492. The molecule has 0 saturated carbocycles. The number of aromatic nitrogens is 3. The molecule has 0 fully saturated rings. The van der Waals surface area contributed by atoms with Gasteiger partial charge in [0.1, 0.15) is 23.4 Å². The third kappa shape index (κ3) is 3.53. The van der Waals surface area contributed by atoms with E-state index in [9.17, 15) is 12.8 Å². The molecule has 0 bridgehead atoms. The maximum Gasteiger partial charge on any atom is 0.242 e. The van der Waals surface area contributed by atoms with Gasteiger partial charge in [-0.3, -0.25) is 4.68 Å². The Morgan fingerprint density at radius 2 is 2.25 bits per heavy atom. The van der Waals surface area contributed by atoms with E-state index in [0.717, 1.165) is 12.1 Å². The first kappa shape index (κ1) is 14.9. The van der Waals surface area contributed by atoms with E-state index in [1.807, 2.05) is 0 Å². The van der Waals surface area contributed by atoms with E-state index in [1.54, 1.807) is 6.92 Å². The zero-order valence-corrected chi connectivity index (χ0v) is 12.1. The first-order valence-corrected chi connectivity index (χ1v) is 7.54. The Bertz CT molecular complexity index is 690. The van der Waals surface area contributed by atoms with Crippen molar-refractivity contribution in [1.29, 1.82) is 0 Å². The number of rotatable bonds is 5. The van der Waals surface area contributed by atoms with Gasteiger partial charge in [0.25, 0.3) is 0 Å². The van der Waals surface area contributed by atoms with E-state index >= 15 is 0 Å². The Labute approximate surface area is 120 Å². The molecule has 20 heavy (non-hydrogen) atoms. The second kappa shape index (κ2) is 5.86. The summed E-state index contributed by atoms with van der Waals surface area (Å²) in [6.07, 6.45) is 2.82.